The van der Waals surface area contributed by atoms with Gasteiger partial charge in [-0.3, -0.25) is 0 Å². The average Bonchev–Trinajstić information content (AvgIpc) is 2.17. The van der Waals surface area contributed by atoms with Crippen molar-refractivity contribution in [3.8, 4) is 0 Å². The minimum absolute atomic E-state index is 0. The van der Waals surface area contributed by atoms with Crippen molar-refractivity contribution in [1.29, 1.82) is 0 Å². The standard InChI is InChI=1S/C10H20N2.2ClH/c11-8-9-4-3-7-12-6-2-1-5-10(9)12;;/h9-10H,1-8,11H2;2*1H/t9-,10+;;/m0../s1. The molecule has 0 bridgehead atoms. The molecule has 2 heterocycles. The molecule has 2 saturated heterocycles. The summed E-state index contributed by atoms with van der Waals surface area (Å²) < 4.78 is 0. The summed E-state index contributed by atoms with van der Waals surface area (Å²) in [5.41, 5.74) is 5.78. The van der Waals surface area contributed by atoms with E-state index >= 15 is 0 Å². The van der Waals surface area contributed by atoms with Crippen LogP contribution in [-0.4, -0.2) is 30.6 Å². The molecule has 2 aliphatic rings. The van der Waals surface area contributed by atoms with Gasteiger partial charge in [0.05, 0.1) is 0 Å². The lowest BCUT2D eigenvalue weighted by atomic mass is 9.84. The van der Waals surface area contributed by atoms with Gasteiger partial charge in [-0.05, 0) is 51.2 Å². The zero-order chi connectivity index (χ0) is 8.39. The van der Waals surface area contributed by atoms with E-state index in [1.165, 1.54) is 45.2 Å². The maximum Gasteiger partial charge on any atom is 0.0136 e. The molecule has 2 aliphatic heterocycles. The second-order valence-electron chi connectivity index (χ2n) is 4.24. The van der Waals surface area contributed by atoms with E-state index in [1.54, 1.807) is 0 Å². The zero-order valence-electron chi connectivity index (χ0n) is 8.65. The molecule has 0 aromatic heterocycles. The smallest absolute Gasteiger partial charge is 0.0136 e. The predicted octanol–water partition coefficient (Wildman–Crippen LogP) is 2.05. The maximum atomic E-state index is 5.78. The van der Waals surface area contributed by atoms with Crippen molar-refractivity contribution >= 4 is 24.8 Å². The Morgan fingerprint density at radius 2 is 1.71 bits per heavy atom. The average molecular weight is 241 g/mol. The third kappa shape index (κ3) is 2.99. The summed E-state index contributed by atoms with van der Waals surface area (Å²) in [6.07, 6.45) is 6.99. The number of hydrogen-bond donors (Lipinski definition) is 1. The highest BCUT2D eigenvalue weighted by atomic mass is 35.5. The molecule has 0 spiro atoms. The van der Waals surface area contributed by atoms with E-state index in [0.29, 0.717) is 0 Å². The molecule has 0 amide bonds. The van der Waals surface area contributed by atoms with Gasteiger partial charge in [-0.25, -0.2) is 0 Å². The van der Waals surface area contributed by atoms with Gasteiger partial charge in [0.1, 0.15) is 0 Å². The monoisotopic (exact) mass is 240 g/mol. The van der Waals surface area contributed by atoms with Gasteiger partial charge in [0, 0.05) is 6.04 Å². The molecular weight excluding hydrogens is 219 g/mol. The number of piperidine rings is 2. The fourth-order valence-electron chi connectivity index (χ4n) is 2.85. The normalized spacial score (nSPS) is 32.4. The van der Waals surface area contributed by atoms with Gasteiger partial charge in [0.15, 0.2) is 0 Å². The number of rotatable bonds is 1. The van der Waals surface area contributed by atoms with E-state index in [1.807, 2.05) is 0 Å². The third-order valence-corrected chi connectivity index (χ3v) is 3.53. The quantitative estimate of drug-likeness (QED) is 0.761. The van der Waals surface area contributed by atoms with Crippen LogP contribution in [-0.2, 0) is 0 Å². The SMILES string of the molecule is Cl.Cl.NC[C@@H]1CCCN2CCCC[C@H]12. The van der Waals surface area contributed by atoms with Crippen molar-refractivity contribution in [2.45, 2.75) is 38.1 Å². The highest BCUT2D eigenvalue weighted by molar-refractivity contribution is 5.85. The molecule has 0 unspecified atom stereocenters. The van der Waals surface area contributed by atoms with E-state index < -0.39 is 0 Å². The second kappa shape index (κ2) is 6.89. The number of nitrogens with two attached hydrogens (primary N) is 1. The van der Waals surface area contributed by atoms with Crippen LogP contribution in [0.5, 0.6) is 0 Å². The van der Waals surface area contributed by atoms with Gasteiger partial charge in [-0.15, -0.1) is 24.8 Å². The molecule has 2 rings (SSSR count). The van der Waals surface area contributed by atoms with Crippen LogP contribution < -0.4 is 5.73 Å². The molecule has 2 atom stereocenters. The third-order valence-electron chi connectivity index (χ3n) is 3.53. The molecule has 4 heteroatoms. The Bertz CT molecular complexity index is 146. The molecule has 2 nitrogen and oxygen atoms in total. The number of fused-ring (bicyclic) bond motifs is 1. The van der Waals surface area contributed by atoms with Gasteiger partial charge in [0.25, 0.3) is 0 Å². The molecule has 0 saturated carbocycles. The molecular formula is C10H22Cl2N2. The minimum Gasteiger partial charge on any atom is -0.330 e. The van der Waals surface area contributed by atoms with Crippen LogP contribution in [0.3, 0.4) is 0 Å². The summed E-state index contributed by atoms with van der Waals surface area (Å²) in [7, 11) is 0. The van der Waals surface area contributed by atoms with Gasteiger partial charge < -0.3 is 10.6 Å². The van der Waals surface area contributed by atoms with E-state index in [4.69, 9.17) is 5.73 Å². The number of nitrogens with zero attached hydrogens (tertiary/aromatic N) is 1. The van der Waals surface area contributed by atoms with Crippen molar-refractivity contribution in [2.24, 2.45) is 11.7 Å². The van der Waals surface area contributed by atoms with Crippen molar-refractivity contribution in [3.63, 3.8) is 0 Å². The van der Waals surface area contributed by atoms with E-state index in [-0.39, 0.29) is 24.8 Å². The Hall–Kier alpha value is 0.500. The van der Waals surface area contributed by atoms with Crippen LogP contribution in [0.1, 0.15) is 32.1 Å². The van der Waals surface area contributed by atoms with E-state index in [0.717, 1.165) is 18.5 Å². The molecule has 2 N–H and O–H groups in total. The number of hydrogen-bond acceptors (Lipinski definition) is 2. The second-order valence-corrected chi connectivity index (χ2v) is 4.24. The van der Waals surface area contributed by atoms with Gasteiger partial charge in [-0.2, -0.15) is 0 Å². The Balaban J connectivity index is 0.000000845. The Kier molecular flexibility index (Phi) is 7.13. The van der Waals surface area contributed by atoms with Crippen LogP contribution in [0.2, 0.25) is 0 Å². The summed E-state index contributed by atoms with van der Waals surface area (Å²) in [6, 6.07) is 0.845. The van der Waals surface area contributed by atoms with E-state index in [9.17, 15) is 0 Å². The van der Waals surface area contributed by atoms with Crippen LogP contribution in [0.15, 0.2) is 0 Å². The van der Waals surface area contributed by atoms with Gasteiger partial charge >= 0.3 is 0 Å². The lowest BCUT2D eigenvalue weighted by molar-refractivity contribution is 0.0632. The van der Waals surface area contributed by atoms with Crippen LogP contribution >= 0.6 is 24.8 Å². The summed E-state index contributed by atoms with van der Waals surface area (Å²) in [5.74, 6) is 0.805. The molecule has 14 heavy (non-hydrogen) atoms. The highest BCUT2D eigenvalue weighted by Gasteiger charge is 2.31. The number of halogens is 2. The first kappa shape index (κ1) is 14.5. The fraction of sp³-hybridized carbons (Fsp3) is 1.00. The zero-order valence-corrected chi connectivity index (χ0v) is 10.3. The summed E-state index contributed by atoms with van der Waals surface area (Å²) in [4.78, 5) is 2.67. The lowest BCUT2D eigenvalue weighted by Crippen LogP contribution is -2.49. The van der Waals surface area contributed by atoms with Crippen LogP contribution in [0.4, 0.5) is 0 Å². The van der Waals surface area contributed by atoms with Crippen LogP contribution in [0.25, 0.3) is 0 Å². The lowest BCUT2D eigenvalue weighted by Gasteiger charge is -2.44. The minimum atomic E-state index is 0. The highest BCUT2D eigenvalue weighted by Crippen LogP contribution is 2.29. The largest absolute Gasteiger partial charge is 0.330 e. The van der Waals surface area contributed by atoms with Crippen molar-refractivity contribution < 1.29 is 0 Å². The summed E-state index contributed by atoms with van der Waals surface area (Å²) >= 11 is 0. The topological polar surface area (TPSA) is 29.3 Å². The first-order valence-corrected chi connectivity index (χ1v) is 5.36. The fourth-order valence-corrected chi connectivity index (χ4v) is 2.85. The molecule has 86 valence electrons. The van der Waals surface area contributed by atoms with E-state index in [2.05, 4.69) is 4.90 Å². The maximum absolute atomic E-state index is 5.78. The van der Waals surface area contributed by atoms with Gasteiger partial charge in [-0.1, -0.05) is 6.42 Å². The van der Waals surface area contributed by atoms with Crippen molar-refractivity contribution in [3.05, 3.63) is 0 Å². The molecule has 2 fully saturated rings. The Morgan fingerprint density at radius 1 is 1.00 bits per heavy atom. The van der Waals surface area contributed by atoms with Gasteiger partial charge in [0.2, 0.25) is 0 Å². The van der Waals surface area contributed by atoms with Crippen LogP contribution in [0, 0.1) is 5.92 Å². The Morgan fingerprint density at radius 3 is 2.43 bits per heavy atom. The molecule has 0 aromatic carbocycles. The van der Waals surface area contributed by atoms with Crippen molar-refractivity contribution in [1.82, 2.24) is 4.90 Å². The molecule has 0 radical (unpaired) electrons. The molecule has 0 aromatic rings. The predicted molar refractivity (Wildman–Crippen MR) is 65.5 cm³/mol. The summed E-state index contributed by atoms with van der Waals surface area (Å²) in [6.45, 7) is 3.57. The van der Waals surface area contributed by atoms with Crippen molar-refractivity contribution in [2.75, 3.05) is 19.6 Å². The molecule has 0 aliphatic carbocycles. The summed E-state index contributed by atoms with van der Waals surface area (Å²) in [5, 5.41) is 0. The Labute approximate surface area is 99.4 Å². The first-order valence-electron chi connectivity index (χ1n) is 5.36. The first-order chi connectivity index (χ1) is 5.92.